The minimum absolute atomic E-state index is 0.0508. The average Bonchev–Trinajstić information content (AvgIpc) is 2.63. The van der Waals surface area contributed by atoms with Gasteiger partial charge in [-0.1, -0.05) is 12.1 Å². The Morgan fingerprint density at radius 2 is 1.92 bits per heavy atom. The van der Waals surface area contributed by atoms with Crippen LogP contribution in [0.1, 0.15) is 37.3 Å². The van der Waals surface area contributed by atoms with Gasteiger partial charge in [0.1, 0.15) is 11.9 Å². The predicted molar refractivity (Wildman–Crippen MR) is 99.4 cm³/mol. The summed E-state index contributed by atoms with van der Waals surface area (Å²) in [6, 6.07) is 6.65. The lowest BCUT2D eigenvalue weighted by atomic mass is 9.98. The first-order valence-corrected chi connectivity index (χ1v) is 9.58. The zero-order chi connectivity index (χ0) is 18.5. The van der Waals surface area contributed by atoms with E-state index in [1.165, 1.54) is 12.1 Å². The maximum atomic E-state index is 13.6. The van der Waals surface area contributed by atoms with E-state index < -0.39 is 6.04 Å². The van der Waals surface area contributed by atoms with Gasteiger partial charge in [0, 0.05) is 38.4 Å². The Bertz CT molecular complexity index is 596. The fourth-order valence-corrected chi connectivity index (χ4v) is 4.10. The number of halogens is 1. The van der Waals surface area contributed by atoms with Gasteiger partial charge in [0.25, 0.3) is 0 Å². The molecule has 0 saturated carbocycles. The highest BCUT2D eigenvalue weighted by atomic mass is 19.1. The number of likely N-dealkylation sites (tertiary alicyclic amines) is 1. The van der Waals surface area contributed by atoms with Crippen molar-refractivity contribution in [2.45, 2.75) is 43.8 Å². The predicted octanol–water partition coefficient (Wildman–Crippen LogP) is 2.19. The lowest BCUT2D eigenvalue weighted by Crippen LogP contribution is -2.50. The van der Waals surface area contributed by atoms with E-state index in [1.807, 2.05) is 19.0 Å². The molecular weight excluding hydrogens is 333 g/mol. The Kier molecular flexibility index (Phi) is 6.62. The van der Waals surface area contributed by atoms with E-state index in [1.54, 1.807) is 12.1 Å². The van der Waals surface area contributed by atoms with Crippen molar-refractivity contribution >= 4 is 5.91 Å². The molecule has 0 aliphatic carbocycles. The normalized spacial score (nSPS) is 21.7. The van der Waals surface area contributed by atoms with Crippen LogP contribution in [-0.4, -0.2) is 68.2 Å². The molecule has 1 atom stereocenters. The van der Waals surface area contributed by atoms with E-state index in [0.717, 1.165) is 52.0 Å². The molecule has 2 aliphatic rings. The topological polar surface area (TPSA) is 44.8 Å². The van der Waals surface area contributed by atoms with E-state index in [4.69, 9.17) is 4.74 Å². The van der Waals surface area contributed by atoms with Gasteiger partial charge in [-0.3, -0.25) is 9.69 Å². The third kappa shape index (κ3) is 4.81. The first kappa shape index (κ1) is 19.3. The van der Waals surface area contributed by atoms with Gasteiger partial charge in [-0.15, -0.1) is 0 Å². The zero-order valence-corrected chi connectivity index (χ0v) is 15.8. The summed E-state index contributed by atoms with van der Waals surface area (Å²) < 4.78 is 19.0. The van der Waals surface area contributed by atoms with Crippen LogP contribution in [0.2, 0.25) is 0 Å². The van der Waals surface area contributed by atoms with Crippen molar-refractivity contribution in [2.75, 3.05) is 40.4 Å². The van der Waals surface area contributed by atoms with E-state index in [-0.39, 0.29) is 17.8 Å². The van der Waals surface area contributed by atoms with E-state index in [0.29, 0.717) is 11.6 Å². The Hall–Kier alpha value is -1.50. The number of nitrogens with one attached hydrogen (secondary N) is 1. The monoisotopic (exact) mass is 363 g/mol. The van der Waals surface area contributed by atoms with E-state index in [9.17, 15) is 9.18 Å². The number of piperidine rings is 1. The third-order valence-corrected chi connectivity index (χ3v) is 5.51. The molecule has 2 fully saturated rings. The second-order valence-corrected chi connectivity index (χ2v) is 7.58. The van der Waals surface area contributed by atoms with Crippen molar-refractivity contribution in [1.29, 1.82) is 0 Å². The molecule has 3 rings (SSSR count). The molecule has 1 aromatic rings. The van der Waals surface area contributed by atoms with Crippen LogP contribution in [0, 0.1) is 5.82 Å². The molecule has 1 amide bonds. The Morgan fingerprint density at radius 1 is 1.23 bits per heavy atom. The molecule has 1 N–H and O–H groups in total. The van der Waals surface area contributed by atoms with Gasteiger partial charge in [-0.25, -0.2) is 4.39 Å². The standard InChI is InChI=1S/C20H30FN3O2/c1-23(2)19(15-4-3-5-16(21)14-15)20(25)22-17-6-10-24(11-7-17)18-8-12-26-13-9-18/h3-5,14,17-19H,6-13H2,1-2H3,(H,22,25). The van der Waals surface area contributed by atoms with E-state index >= 15 is 0 Å². The second-order valence-electron chi connectivity index (χ2n) is 7.58. The number of carbonyl (C=O) groups is 1. The number of hydrogen-bond acceptors (Lipinski definition) is 4. The van der Waals surface area contributed by atoms with Crippen LogP contribution < -0.4 is 5.32 Å². The van der Waals surface area contributed by atoms with Crippen LogP contribution in [0.15, 0.2) is 24.3 Å². The first-order valence-electron chi connectivity index (χ1n) is 9.58. The molecule has 144 valence electrons. The lowest BCUT2D eigenvalue weighted by Gasteiger charge is -2.39. The van der Waals surface area contributed by atoms with Crippen molar-refractivity contribution in [2.24, 2.45) is 0 Å². The van der Waals surface area contributed by atoms with Crippen LogP contribution >= 0.6 is 0 Å². The highest BCUT2D eigenvalue weighted by molar-refractivity contribution is 5.83. The summed E-state index contributed by atoms with van der Waals surface area (Å²) in [4.78, 5) is 17.2. The highest BCUT2D eigenvalue weighted by Gasteiger charge is 2.30. The molecule has 0 radical (unpaired) electrons. The quantitative estimate of drug-likeness (QED) is 0.871. The van der Waals surface area contributed by atoms with E-state index in [2.05, 4.69) is 10.2 Å². The molecule has 26 heavy (non-hydrogen) atoms. The summed E-state index contributed by atoms with van der Waals surface area (Å²) in [7, 11) is 3.70. The van der Waals surface area contributed by atoms with Crippen LogP contribution in [0.25, 0.3) is 0 Å². The summed E-state index contributed by atoms with van der Waals surface area (Å²) >= 11 is 0. The van der Waals surface area contributed by atoms with Crippen LogP contribution in [-0.2, 0) is 9.53 Å². The van der Waals surface area contributed by atoms with Gasteiger partial charge in [0.2, 0.25) is 5.91 Å². The van der Waals surface area contributed by atoms with Gasteiger partial charge in [-0.05, 0) is 57.5 Å². The van der Waals surface area contributed by atoms with Crippen molar-refractivity contribution in [1.82, 2.24) is 15.1 Å². The van der Waals surface area contributed by atoms with Crippen LogP contribution in [0.4, 0.5) is 4.39 Å². The van der Waals surface area contributed by atoms with Crippen LogP contribution in [0.3, 0.4) is 0 Å². The molecule has 1 aromatic carbocycles. The number of ether oxygens (including phenoxy) is 1. The molecular formula is C20H30FN3O2. The minimum atomic E-state index is -0.473. The van der Waals surface area contributed by atoms with Gasteiger partial charge in [0.05, 0.1) is 0 Å². The maximum Gasteiger partial charge on any atom is 0.242 e. The van der Waals surface area contributed by atoms with Gasteiger partial charge in [-0.2, -0.15) is 0 Å². The maximum absolute atomic E-state index is 13.6. The fraction of sp³-hybridized carbons (Fsp3) is 0.650. The Morgan fingerprint density at radius 3 is 2.54 bits per heavy atom. The number of hydrogen-bond donors (Lipinski definition) is 1. The van der Waals surface area contributed by atoms with Gasteiger partial charge in [0.15, 0.2) is 0 Å². The summed E-state index contributed by atoms with van der Waals surface area (Å²) in [6.07, 6.45) is 4.15. The molecule has 2 saturated heterocycles. The smallest absolute Gasteiger partial charge is 0.242 e. The SMILES string of the molecule is CN(C)C(C(=O)NC1CCN(C2CCOCC2)CC1)c1cccc(F)c1. The number of carbonyl (C=O) groups excluding carboxylic acids is 1. The average molecular weight is 363 g/mol. The summed E-state index contributed by atoms with van der Waals surface area (Å²) in [6.45, 7) is 3.75. The van der Waals surface area contributed by atoms with Crippen molar-refractivity contribution in [3.8, 4) is 0 Å². The number of likely N-dealkylation sites (N-methyl/N-ethyl adjacent to an activating group) is 1. The number of rotatable bonds is 5. The Balaban J connectivity index is 1.55. The van der Waals surface area contributed by atoms with Crippen molar-refractivity contribution < 1.29 is 13.9 Å². The largest absolute Gasteiger partial charge is 0.381 e. The fourth-order valence-electron chi connectivity index (χ4n) is 4.10. The molecule has 2 aliphatic heterocycles. The molecule has 5 nitrogen and oxygen atoms in total. The highest BCUT2D eigenvalue weighted by Crippen LogP contribution is 2.22. The van der Waals surface area contributed by atoms with Crippen LogP contribution in [0.5, 0.6) is 0 Å². The second kappa shape index (κ2) is 8.93. The Labute approximate surface area is 155 Å². The van der Waals surface area contributed by atoms with Gasteiger partial charge < -0.3 is 15.0 Å². The number of benzene rings is 1. The molecule has 2 heterocycles. The lowest BCUT2D eigenvalue weighted by molar-refractivity contribution is -0.126. The summed E-state index contributed by atoms with van der Waals surface area (Å²) in [5.41, 5.74) is 0.687. The molecule has 6 heteroatoms. The van der Waals surface area contributed by atoms with Crippen molar-refractivity contribution in [3.05, 3.63) is 35.6 Å². The molecule has 0 aromatic heterocycles. The third-order valence-electron chi connectivity index (χ3n) is 5.51. The van der Waals surface area contributed by atoms with Crippen molar-refractivity contribution in [3.63, 3.8) is 0 Å². The minimum Gasteiger partial charge on any atom is -0.381 e. The molecule has 0 bridgehead atoms. The summed E-state index contributed by atoms with van der Waals surface area (Å²) in [5, 5.41) is 3.19. The summed E-state index contributed by atoms with van der Waals surface area (Å²) in [5.74, 6) is -0.364. The molecule has 1 unspecified atom stereocenters. The van der Waals surface area contributed by atoms with Gasteiger partial charge >= 0.3 is 0 Å². The number of nitrogens with zero attached hydrogens (tertiary/aromatic N) is 2. The zero-order valence-electron chi connectivity index (χ0n) is 15.8. The molecule has 0 spiro atoms. The number of amides is 1. The first-order chi connectivity index (χ1) is 12.5.